The van der Waals surface area contributed by atoms with E-state index in [2.05, 4.69) is 9.72 Å². The molecule has 1 aromatic rings. The predicted octanol–water partition coefficient (Wildman–Crippen LogP) is 1.24. The van der Waals surface area contributed by atoms with Crippen molar-refractivity contribution in [1.82, 2.24) is 4.98 Å². The van der Waals surface area contributed by atoms with Gasteiger partial charge in [-0.2, -0.15) is 4.39 Å². The van der Waals surface area contributed by atoms with Crippen LogP contribution in [0.3, 0.4) is 0 Å². The molecule has 0 spiro atoms. The lowest BCUT2D eigenvalue weighted by Gasteiger charge is -2.02. The highest BCUT2D eigenvalue weighted by atomic mass is 19.1. The fourth-order valence-corrected chi connectivity index (χ4v) is 0.974. The first-order valence-electron chi connectivity index (χ1n) is 3.82. The molecule has 0 aliphatic rings. The van der Waals surface area contributed by atoms with Gasteiger partial charge in [0.2, 0.25) is 5.95 Å². The van der Waals surface area contributed by atoms with Crippen molar-refractivity contribution in [2.24, 2.45) is 0 Å². The van der Waals surface area contributed by atoms with Crippen molar-refractivity contribution in [2.75, 3.05) is 7.11 Å². The summed E-state index contributed by atoms with van der Waals surface area (Å²) in [6.45, 7) is 1.65. The summed E-state index contributed by atoms with van der Waals surface area (Å²) < 4.78 is 17.0. The minimum atomic E-state index is -0.536. The molecule has 0 bridgehead atoms. The Kier molecular flexibility index (Phi) is 2.95. The third-order valence-electron chi connectivity index (χ3n) is 1.72. The van der Waals surface area contributed by atoms with E-state index in [0.717, 1.165) is 0 Å². The number of aryl methyl sites for hydroxylation is 1. The standard InChI is InChI=1S/C9H10FNO2/c1-6-7(5-9(12)13-2)3-4-8(10)11-6/h3-4H,5H2,1-2H3. The van der Waals surface area contributed by atoms with E-state index < -0.39 is 5.95 Å². The van der Waals surface area contributed by atoms with Gasteiger partial charge < -0.3 is 4.74 Å². The lowest BCUT2D eigenvalue weighted by atomic mass is 10.1. The molecule has 0 radical (unpaired) electrons. The molecular weight excluding hydrogens is 173 g/mol. The van der Waals surface area contributed by atoms with E-state index in [1.54, 1.807) is 6.92 Å². The number of halogens is 1. The highest BCUT2D eigenvalue weighted by Gasteiger charge is 2.06. The fourth-order valence-electron chi connectivity index (χ4n) is 0.974. The number of nitrogens with zero attached hydrogens (tertiary/aromatic N) is 1. The Balaban J connectivity index is 2.83. The van der Waals surface area contributed by atoms with Crippen LogP contribution < -0.4 is 0 Å². The van der Waals surface area contributed by atoms with Gasteiger partial charge in [0, 0.05) is 5.69 Å². The third kappa shape index (κ3) is 2.50. The summed E-state index contributed by atoms with van der Waals surface area (Å²) in [7, 11) is 1.31. The van der Waals surface area contributed by atoms with Gasteiger partial charge in [0.05, 0.1) is 13.5 Å². The first kappa shape index (κ1) is 9.64. The van der Waals surface area contributed by atoms with Gasteiger partial charge in [0.1, 0.15) is 0 Å². The molecule has 0 saturated heterocycles. The van der Waals surface area contributed by atoms with Gasteiger partial charge in [-0.3, -0.25) is 4.79 Å². The van der Waals surface area contributed by atoms with Crippen LogP contribution in [0.4, 0.5) is 4.39 Å². The van der Waals surface area contributed by atoms with E-state index in [9.17, 15) is 9.18 Å². The number of aromatic nitrogens is 1. The van der Waals surface area contributed by atoms with Crippen LogP contribution in [0.1, 0.15) is 11.3 Å². The second kappa shape index (κ2) is 3.98. The van der Waals surface area contributed by atoms with Gasteiger partial charge in [0.15, 0.2) is 0 Å². The maximum atomic E-state index is 12.5. The maximum Gasteiger partial charge on any atom is 0.310 e. The molecule has 0 aliphatic heterocycles. The van der Waals surface area contributed by atoms with Crippen LogP contribution in [0, 0.1) is 12.9 Å². The zero-order chi connectivity index (χ0) is 9.84. The molecule has 4 heteroatoms. The number of ether oxygens (including phenoxy) is 1. The van der Waals surface area contributed by atoms with Crippen molar-refractivity contribution in [1.29, 1.82) is 0 Å². The van der Waals surface area contributed by atoms with Gasteiger partial charge in [-0.05, 0) is 18.6 Å². The maximum absolute atomic E-state index is 12.5. The number of carbonyl (C=O) groups is 1. The summed E-state index contributed by atoms with van der Waals surface area (Å²) in [5.41, 5.74) is 1.21. The molecule has 0 amide bonds. The number of carbonyl (C=O) groups excluding carboxylic acids is 1. The number of rotatable bonds is 2. The molecule has 0 unspecified atom stereocenters. The van der Waals surface area contributed by atoms with Gasteiger partial charge in [0.25, 0.3) is 0 Å². The quantitative estimate of drug-likeness (QED) is 0.511. The summed E-state index contributed by atoms with van der Waals surface area (Å²) in [4.78, 5) is 14.5. The Morgan fingerprint density at radius 1 is 1.62 bits per heavy atom. The smallest absolute Gasteiger partial charge is 0.310 e. The summed E-state index contributed by atoms with van der Waals surface area (Å²) in [5.74, 6) is -0.886. The lowest BCUT2D eigenvalue weighted by Crippen LogP contribution is -2.07. The van der Waals surface area contributed by atoms with Crippen molar-refractivity contribution in [3.05, 3.63) is 29.3 Å². The van der Waals surface area contributed by atoms with Gasteiger partial charge in [-0.15, -0.1) is 0 Å². The van der Waals surface area contributed by atoms with Crippen molar-refractivity contribution in [3.63, 3.8) is 0 Å². The zero-order valence-electron chi connectivity index (χ0n) is 7.50. The predicted molar refractivity (Wildman–Crippen MR) is 44.7 cm³/mol. The van der Waals surface area contributed by atoms with Crippen LogP contribution in [0.25, 0.3) is 0 Å². The van der Waals surface area contributed by atoms with Gasteiger partial charge >= 0.3 is 5.97 Å². The van der Waals surface area contributed by atoms with Crippen LogP contribution >= 0.6 is 0 Å². The molecule has 70 valence electrons. The molecule has 1 aromatic heterocycles. The van der Waals surface area contributed by atoms with Crippen molar-refractivity contribution < 1.29 is 13.9 Å². The largest absolute Gasteiger partial charge is 0.469 e. The molecule has 1 heterocycles. The average molecular weight is 183 g/mol. The summed E-state index contributed by atoms with van der Waals surface area (Å²) in [6, 6.07) is 2.76. The number of methoxy groups -OCH3 is 1. The molecule has 0 aromatic carbocycles. The highest BCUT2D eigenvalue weighted by molar-refractivity contribution is 5.72. The van der Waals surface area contributed by atoms with Crippen molar-refractivity contribution >= 4 is 5.97 Å². The molecule has 0 aliphatic carbocycles. The fraction of sp³-hybridized carbons (Fsp3) is 0.333. The number of hydrogen-bond donors (Lipinski definition) is 0. The average Bonchev–Trinajstić information content (AvgIpc) is 2.09. The van der Waals surface area contributed by atoms with E-state index in [-0.39, 0.29) is 12.4 Å². The first-order chi connectivity index (χ1) is 6.13. The van der Waals surface area contributed by atoms with E-state index in [4.69, 9.17) is 0 Å². The van der Waals surface area contributed by atoms with E-state index in [1.807, 2.05) is 0 Å². The minimum absolute atomic E-state index is 0.135. The third-order valence-corrected chi connectivity index (χ3v) is 1.72. The second-order valence-corrected chi connectivity index (χ2v) is 2.63. The van der Waals surface area contributed by atoms with Crippen molar-refractivity contribution in [3.8, 4) is 0 Å². The minimum Gasteiger partial charge on any atom is -0.469 e. The molecule has 0 atom stereocenters. The van der Waals surface area contributed by atoms with E-state index in [1.165, 1.54) is 19.2 Å². The normalized spacial score (nSPS) is 9.77. The highest BCUT2D eigenvalue weighted by Crippen LogP contribution is 2.07. The Hall–Kier alpha value is -1.45. The molecule has 3 nitrogen and oxygen atoms in total. The van der Waals surface area contributed by atoms with Gasteiger partial charge in [-0.25, -0.2) is 4.98 Å². The summed E-state index contributed by atoms with van der Waals surface area (Å²) >= 11 is 0. The SMILES string of the molecule is COC(=O)Cc1ccc(F)nc1C. The molecule has 0 fully saturated rings. The Labute approximate surface area is 75.6 Å². The Bertz CT molecular complexity index is 325. The monoisotopic (exact) mass is 183 g/mol. The first-order valence-corrected chi connectivity index (χ1v) is 3.82. The zero-order valence-corrected chi connectivity index (χ0v) is 7.50. The van der Waals surface area contributed by atoms with Crippen LogP contribution in [0.15, 0.2) is 12.1 Å². The molecule has 13 heavy (non-hydrogen) atoms. The molecule has 1 rings (SSSR count). The van der Waals surface area contributed by atoms with Crippen LogP contribution in [-0.2, 0) is 16.0 Å². The second-order valence-electron chi connectivity index (χ2n) is 2.63. The number of esters is 1. The number of pyridine rings is 1. The summed E-state index contributed by atoms with van der Waals surface area (Å²) in [5, 5.41) is 0. The van der Waals surface area contributed by atoms with E-state index >= 15 is 0 Å². The molecule has 0 N–H and O–H groups in total. The molecule has 0 saturated carbocycles. The van der Waals surface area contributed by atoms with Crippen molar-refractivity contribution in [2.45, 2.75) is 13.3 Å². The Morgan fingerprint density at radius 3 is 2.85 bits per heavy atom. The van der Waals surface area contributed by atoms with Crippen LogP contribution in [-0.4, -0.2) is 18.1 Å². The van der Waals surface area contributed by atoms with Gasteiger partial charge in [-0.1, -0.05) is 6.07 Å². The van der Waals surface area contributed by atoms with Crippen LogP contribution in [0.5, 0.6) is 0 Å². The topological polar surface area (TPSA) is 39.2 Å². The van der Waals surface area contributed by atoms with Crippen LogP contribution in [0.2, 0.25) is 0 Å². The Morgan fingerprint density at radius 2 is 2.31 bits per heavy atom. The molecular formula is C9H10FNO2. The lowest BCUT2D eigenvalue weighted by molar-refractivity contribution is -0.139. The summed E-state index contributed by atoms with van der Waals surface area (Å²) in [6.07, 6.45) is 0.135. The number of hydrogen-bond acceptors (Lipinski definition) is 3. The van der Waals surface area contributed by atoms with E-state index in [0.29, 0.717) is 11.3 Å².